The van der Waals surface area contributed by atoms with E-state index in [-0.39, 0.29) is 17.7 Å². The molecule has 6 rings (SSSR count). The van der Waals surface area contributed by atoms with E-state index in [1.54, 1.807) is 28.1 Å². The molecule has 2 fully saturated rings. The highest BCUT2D eigenvalue weighted by molar-refractivity contribution is 6.39. The van der Waals surface area contributed by atoms with Gasteiger partial charge in [0.2, 0.25) is 17.7 Å². The zero-order chi connectivity index (χ0) is 36.8. The van der Waals surface area contributed by atoms with Crippen LogP contribution in [0.5, 0.6) is 11.8 Å². The molecule has 2 aromatic heterocycles. The van der Waals surface area contributed by atoms with Crippen LogP contribution in [0.4, 0.5) is 0 Å². The lowest BCUT2D eigenvalue weighted by Gasteiger charge is -2.33. The summed E-state index contributed by atoms with van der Waals surface area (Å²) in [5.41, 5.74) is 6.46. The third kappa shape index (κ3) is 8.94. The molecular formula is C41H47Cl2N5O4. The van der Waals surface area contributed by atoms with Gasteiger partial charge in [-0.05, 0) is 63.7 Å². The van der Waals surface area contributed by atoms with Gasteiger partial charge in [0.05, 0.1) is 35.7 Å². The van der Waals surface area contributed by atoms with E-state index < -0.39 is 0 Å². The lowest BCUT2D eigenvalue weighted by molar-refractivity contribution is -0.120. The average Bonchev–Trinajstić information content (AvgIpc) is 3.12. The van der Waals surface area contributed by atoms with Crippen LogP contribution in [0.15, 0.2) is 60.7 Å². The summed E-state index contributed by atoms with van der Waals surface area (Å²) in [6, 6.07) is 19.9. The molecule has 4 heterocycles. The Kier molecular flexibility index (Phi) is 12.5. The Balaban J connectivity index is 1.23. The zero-order valence-corrected chi connectivity index (χ0v) is 31.9. The van der Waals surface area contributed by atoms with Gasteiger partial charge < -0.3 is 19.6 Å². The lowest BCUT2D eigenvalue weighted by atomic mass is 9.93. The fourth-order valence-electron chi connectivity index (χ4n) is 7.66. The van der Waals surface area contributed by atoms with Crippen LogP contribution in [-0.4, -0.2) is 77.9 Å². The molecule has 1 N–H and O–H groups in total. The number of halogens is 2. The Morgan fingerprint density at radius 3 is 1.73 bits per heavy atom. The van der Waals surface area contributed by atoms with Crippen molar-refractivity contribution in [2.45, 2.75) is 65.1 Å². The van der Waals surface area contributed by atoms with Crippen molar-refractivity contribution in [2.24, 2.45) is 5.92 Å². The molecule has 2 unspecified atom stereocenters. The summed E-state index contributed by atoms with van der Waals surface area (Å²) in [7, 11) is 3.27. The number of nitrogens with one attached hydrogen (secondary N) is 1. The molecule has 2 aromatic carbocycles. The van der Waals surface area contributed by atoms with Crippen molar-refractivity contribution in [3.05, 3.63) is 81.8 Å². The van der Waals surface area contributed by atoms with E-state index in [1.165, 1.54) is 0 Å². The van der Waals surface area contributed by atoms with Crippen LogP contribution in [0, 0.1) is 5.92 Å². The standard InChI is InChI=1S/C41H47Cl2N5O4/c1-26(49)21-28-9-7-19-47(22-28)23-29-15-17-36(45-40(29)51-3)34-13-5-11-32(38(34)42)33-12-6-14-35(39(33)43)37-18-16-30(41(46-37)52-4)24-48-20-8-10-31(25-48)44-27(2)50/h5-6,11-18,28,31H,7-10,19-25H2,1-4H3,(H,44,50). The van der Waals surface area contributed by atoms with Crippen molar-refractivity contribution in [2.75, 3.05) is 40.4 Å². The summed E-state index contributed by atoms with van der Waals surface area (Å²) in [6.07, 6.45) is 4.79. The molecule has 2 saturated heterocycles. The fourth-order valence-corrected chi connectivity index (χ4v) is 8.31. The van der Waals surface area contributed by atoms with Crippen LogP contribution >= 0.6 is 23.2 Å². The Morgan fingerprint density at radius 2 is 1.23 bits per heavy atom. The molecule has 9 nitrogen and oxygen atoms in total. The zero-order valence-electron chi connectivity index (χ0n) is 30.4. The van der Waals surface area contributed by atoms with Crippen molar-refractivity contribution in [3.63, 3.8) is 0 Å². The van der Waals surface area contributed by atoms with Crippen molar-refractivity contribution in [3.8, 4) is 45.4 Å². The summed E-state index contributed by atoms with van der Waals surface area (Å²) >= 11 is 14.3. The lowest BCUT2D eigenvalue weighted by Crippen LogP contribution is -2.46. The van der Waals surface area contributed by atoms with E-state index in [1.807, 2.05) is 54.6 Å². The molecule has 274 valence electrons. The quantitative estimate of drug-likeness (QED) is 0.156. The molecule has 2 aliphatic heterocycles. The van der Waals surface area contributed by atoms with Crippen molar-refractivity contribution < 1.29 is 19.1 Å². The van der Waals surface area contributed by atoms with Crippen LogP contribution in [0.3, 0.4) is 0 Å². The maximum absolute atomic E-state index is 11.7. The summed E-state index contributed by atoms with van der Waals surface area (Å²) in [6.45, 7) is 8.22. The smallest absolute Gasteiger partial charge is 0.218 e. The van der Waals surface area contributed by atoms with Crippen molar-refractivity contribution >= 4 is 34.9 Å². The largest absolute Gasteiger partial charge is 0.481 e. The van der Waals surface area contributed by atoms with Gasteiger partial charge in [-0.2, -0.15) is 0 Å². The van der Waals surface area contributed by atoms with Gasteiger partial charge in [0.1, 0.15) is 5.78 Å². The minimum Gasteiger partial charge on any atom is -0.481 e. The van der Waals surface area contributed by atoms with E-state index in [0.717, 1.165) is 85.2 Å². The molecule has 0 spiro atoms. The molecular weight excluding hydrogens is 697 g/mol. The number of nitrogens with zero attached hydrogens (tertiary/aromatic N) is 4. The van der Waals surface area contributed by atoms with Gasteiger partial charge in [0.15, 0.2) is 0 Å². The van der Waals surface area contributed by atoms with Crippen LogP contribution < -0.4 is 14.8 Å². The number of benzene rings is 2. The first-order chi connectivity index (χ1) is 25.1. The third-order valence-electron chi connectivity index (χ3n) is 9.98. The number of amides is 1. The van der Waals surface area contributed by atoms with Crippen LogP contribution in [0.2, 0.25) is 10.0 Å². The van der Waals surface area contributed by atoms with E-state index in [2.05, 4.69) is 21.2 Å². The number of pyridine rings is 2. The Morgan fingerprint density at radius 1 is 0.731 bits per heavy atom. The van der Waals surface area contributed by atoms with E-state index in [0.29, 0.717) is 58.6 Å². The van der Waals surface area contributed by atoms with Crippen LogP contribution in [0.25, 0.3) is 33.6 Å². The first-order valence-electron chi connectivity index (χ1n) is 18.0. The summed E-state index contributed by atoms with van der Waals surface area (Å²) < 4.78 is 11.5. The van der Waals surface area contributed by atoms with Gasteiger partial charge in [-0.15, -0.1) is 0 Å². The second kappa shape index (κ2) is 17.2. The van der Waals surface area contributed by atoms with Gasteiger partial charge in [-0.25, -0.2) is 9.97 Å². The summed E-state index contributed by atoms with van der Waals surface area (Å²) in [5, 5.41) is 4.12. The molecule has 11 heteroatoms. The number of piperidine rings is 2. The van der Waals surface area contributed by atoms with E-state index >= 15 is 0 Å². The number of Topliss-reactive ketones (excluding diaryl/α,β-unsaturated/α-hetero) is 1. The molecule has 1 amide bonds. The first kappa shape index (κ1) is 37.7. The number of ether oxygens (including phenoxy) is 2. The number of ketones is 1. The molecule has 0 aliphatic carbocycles. The maximum Gasteiger partial charge on any atom is 0.218 e. The fraction of sp³-hybridized carbons (Fsp3) is 0.415. The summed E-state index contributed by atoms with van der Waals surface area (Å²) in [5.74, 6) is 1.74. The van der Waals surface area contributed by atoms with Gasteiger partial charge in [0, 0.05) is 78.9 Å². The SMILES string of the molecule is COc1nc(-c2cccc(-c3cccc(-c4ccc(CN5CCCC(NC(C)=O)C5)c(OC)n4)c3Cl)c2Cl)ccc1CN1CCCC(CC(C)=O)C1. The highest BCUT2D eigenvalue weighted by Gasteiger charge is 2.25. The number of carbonyl (C=O) groups excluding carboxylic acids is 2. The Hall–Kier alpha value is -4.02. The average molecular weight is 745 g/mol. The second-order valence-corrected chi connectivity index (χ2v) is 14.7. The van der Waals surface area contributed by atoms with Gasteiger partial charge in [-0.3, -0.25) is 14.6 Å². The Bertz CT molecular complexity index is 1780. The normalized spacial score (nSPS) is 18.2. The monoisotopic (exact) mass is 743 g/mol. The molecule has 52 heavy (non-hydrogen) atoms. The van der Waals surface area contributed by atoms with E-state index in [9.17, 15) is 9.59 Å². The highest BCUT2D eigenvalue weighted by atomic mass is 35.5. The van der Waals surface area contributed by atoms with Gasteiger partial charge in [0.25, 0.3) is 0 Å². The van der Waals surface area contributed by atoms with Crippen LogP contribution in [0.1, 0.15) is 57.1 Å². The van der Waals surface area contributed by atoms with E-state index in [4.69, 9.17) is 42.6 Å². The van der Waals surface area contributed by atoms with Gasteiger partial charge in [-0.1, -0.05) is 71.7 Å². The Labute approximate surface area is 316 Å². The number of hydrogen-bond donors (Lipinski definition) is 1. The molecule has 0 bridgehead atoms. The van der Waals surface area contributed by atoms with Crippen molar-refractivity contribution in [1.29, 1.82) is 0 Å². The van der Waals surface area contributed by atoms with Crippen molar-refractivity contribution in [1.82, 2.24) is 25.1 Å². The predicted molar refractivity (Wildman–Crippen MR) is 207 cm³/mol. The topological polar surface area (TPSA) is 96.9 Å². The number of likely N-dealkylation sites (tertiary alicyclic amines) is 2. The number of rotatable bonds is 12. The number of carbonyl (C=O) groups is 2. The number of methoxy groups -OCH3 is 2. The minimum atomic E-state index is -0.00102. The van der Waals surface area contributed by atoms with Crippen LogP contribution in [-0.2, 0) is 22.7 Å². The second-order valence-electron chi connectivity index (χ2n) is 14.0. The minimum absolute atomic E-state index is 0.00102. The molecule has 0 saturated carbocycles. The predicted octanol–water partition coefficient (Wildman–Crippen LogP) is 8.09. The molecule has 2 atom stereocenters. The molecule has 4 aromatic rings. The maximum atomic E-state index is 11.7. The first-order valence-corrected chi connectivity index (χ1v) is 18.8. The highest BCUT2D eigenvalue weighted by Crippen LogP contribution is 2.42. The molecule has 0 radical (unpaired) electrons. The summed E-state index contributed by atoms with van der Waals surface area (Å²) in [4.78, 5) is 37.8. The number of aromatic nitrogens is 2. The molecule has 2 aliphatic rings. The van der Waals surface area contributed by atoms with Gasteiger partial charge >= 0.3 is 0 Å². The number of hydrogen-bond acceptors (Lipinski definition) is 8. The third-order valence-corrected chi connectivity index (χ3v) is 10.8.